The van der Waals surface area contributed by atoms with Gasteiger partial charge in [-0.25, -0.2) is 14.6 Å². The van der Waals surface area contributed by atoms with Crippen LogP contribution in [-0.2, 0) is 29.7 Å². The van der Waals surface area contributed by atoms with E-state index in [1.807, 2.05) is 30.3 Å². The molecule has 0 saturated carbocycles. The molecule has 0 spiro atoms. The smallest absolute Gasteiger partial charge is 0.395 e. The van der Waals surface area contributed by atoms with Crippen molar-refractivity contribution in [3.05, 3.63) is 52.6 Å². The standard InChI is InChI=1S/C25H37N6O9PS/c1-24(2,14-32)21(34)42-11-10-38-41(37,28-12-16-8-6-5-7-9-16)39-13-17(25(3,4)36)40-23(35)31-15-27-18-19(31)29-22(26)30-20(18)33/h5-9,15,17,23,32,35-36H,10-14H2,1-4H3,(H,28,37)(H3,26,29,30,33)/t17-,23+,41?/m1/s1. The number of nitrogens with one attached hydrogen (secondary N) is 2. The maximum Gasteiger partial charge on any atom is 0.405 e. The second-order valence-corrected chi connectivity index (χ2v) is 13.4. The fourth-order valence-corrected chi connectivity index (χ4v) is 5.58. The molecule has 0 bridgehead atoms. The highest BCUT2D eigenvalue weighted by molar-refractivity contribution is 8.13. The number of nitrogens with two attached hydrogens (primary N) is 1. The second-order valence-electron chi connectivity index (χ2n) is 10.5. The maximum atomic E-state index is 13.7. The molecule has 17 heteroatoms. The zero-order chi connectivity index (χ0) is 31.1. The van der Waals surface area contributed by atoms with Crippen molar-refractivity contribution < 1.29 is 38.5 Å². The number of aromatic nitrogens is 4. The summed E-state index contributed by atoms with van der Waals surface area (Å²) in [6.45, 7) is 5.16. The number of imidazole rings is 1. The summed E-state index contributed by atoms with van der Waals surface area (Å²) in [5.41, 5.74) is 3.07. The molecule has 1 unspecified atom stereocenters. The third-order valence-corrected chi connectivity index (χ3v) is 8.75. The first-order chi connectivity index (χ1) is 19.6. The van der Waals surface area contributed by atoms with E-state index in [0.29, 0.717) is 0 Å². The minimum Gasteiger partial charge on any atom is -0.395 e. The summed E-state index contributed by atoms with van der Waals surface area (Å²) in [6, 6.07) is 9.07. The first-order valence-electron chi connectivity index (χ1n) is 12.9. The van der Waals surface area contributed by atoms with Crippen molar-refractivity contribution in [2.75, 3.05) is 31.3 Å². The van der Waals surface area contributed by atoms with E-state index in [-0.39, 0.29) is 47.7 Å². The van der Waals surface area contributed by atoms with E-state index in [0.717, 1.165) is 28.2 Å². The maximum absolute atomic E-state index is 13.7. The summed E-state index contributed by atoms with van der Waals surface area (Å²) in [6.07, 6.45) is -1.95. The Balaban J connectivity index is 1.73. The molecule has 0 fully saturated rings. The number of carbonyl (C=O) groups excluding carboxylic acids is 1. The molecule has 2 aromatic heterocycles. The van der Waals surface area contributed by atoms with E-state index < -0.39 is 43.4 Å². The van der Waals surface area contributed by atoms with Crippen LogP contribution in [0.15, 0.2) is 41.5 Å². The quantitative estimate of drug-likeness (QED) is 0.0752. The number of anilines is 1. The van der Waals surface area contributed by atoms with Gasteiger partial charge in [-0.3, -0.25) is 28.2 Å². The van der Waals surface area contributed by atoms with Crippen LogP contribution >= 0.6 is 19.5 Å². The Morgan fingerprint density at radius 1 is 1.24 bits per heavy atom. The average molecular weight is 629 g/mol. The number of fused-ring (bicyclic) bond motifs is 1. The van der Waals surface area contributed by atoms with Gasteiger partial charge in [-0.15, -0.1) is 0 Å². The fourth-order valence-electron chi connectivity index (χ4n) is 3.36. The van der Waals surface area contributed by atoms with Gasteiger partial charge in [0.1, 0.15) is 12.4 Å². The molecule has 0 saturated heterocycles. The lowest BCUT2D eigenvalue weighted by molar-refractivity contribution is -0.228. The number of aliphatic hydroxyl groups excluding tert-OH is 2. The molecule has 0 aliphatic heterocycles. The highest BCUT2D eigenvalue weighted by atomic mass is 32.2. The van der Waals surface area contributed by atoms with Crippen LogP contribution in [0, 0.1) is 5.41 Å². The first-order valence-corrected chi connectivity index (χ1v) is 15.4. The molecule has 0 aliphatic carbocycles. The molecule has 7 N–H and O–H groups in total. The number of nitrogen functional groups attached to an aromatic ring is 1. The zero-order valence-electron chi connectivity index (χ0n) is 23.7. The highest BCUT2D eigenvalue weighted by Crippen LogP contribution is 2.45. The average Bonchev–Trinajstić information content (AvgIpc) is 3.36. The molecule has 3 atom stereocenters. The number of aliphatic hydroxyl groups is 3. The number of nitrogens with zero attached hydrogens (tertiary/aromatic N) is 3. The highest BCUT2D eigenvalue weighted by Gasteiger charge is 2.35. The molecular formula is C25H37N6O9PS. The molecule has 3 rings (SSSR count). The van der Waals surface area contributed by atoms with Gasteiger partial charge in [0.05, 0.1) is 30.8 Å². The molecular weight excluding hydrogens is 591 g/mol. The Morgan fingerprint density at radius 3 is 2.57 bits per heavy atom. The van der Waals surface area contributed by atoms with Gasteiger partial charge in [0.25, 0.3) is 5.56 Å². The van der Waals surface area contributed by atoms with Crippen LogP contribution in [0.2, 0.25) is 0 Å². The minimum absolute atomic E-state index is 0.0610. The fraction of sp³-hybridized carbons (Fsp3) is 0.520. The van der Waals surface area contributed by atoms with Crippen LogP contribution < -0.4 is 16.4 Å². The molecule has 0 aliphatic rings. The van der Waals surface area contributed by atoms with E-state index in [1.54, 1.807) is 13.8 Å². The summed E-state index contributed by atoms with van der Waals surface area (Å²) in [4.78, 5) is 34.6. The Labute approximate surface area is 246 Å². The van der Waals surface area contributed by atoms with Crippen molar-refractivity contribution in [1.29, 1.82) is 0 Å². The van der Waals surface area contributed by atoms with Gasteiger partial charge in [0.15, 0.2) is 16.3 Å². The second kappa shape index (κ2) is 14.2. The molecule has 232 valence electrons. The van der Waals surface area contributed by atoms with Crippen LogP contribution in [-0.4, -0.2) is 77.2 Å². The summed E-state index contributed by atoms with van der Waals surface area (Å²) in [5, 5.41) is 33.5. The molecule has 42 heavy (non-hydrogen) atoms. The van der Waals surface area contributed by atoms with E-state index in [2.05, 4.69) is 20.0 Å². The topological polar surface area (TPSA) is 224 Å². The SMILES string of the molecule is CC(C)(CO)C(=O)SCCOP(=O)(NCc1ccccc1)OC[C@@H](O[C@H](O)n1cnc2c(=O)[nH]c(N)nc21)C(C)(C)O. The lowest BCUT2D eigenvalue weighted by Gasteiger charge is -2.32. The number of rotatable bonds is 16. The number of ether oxygens (including phenoxy) is 1. The zero-order valence-corrected chi connectivity index (χ0v) is 25.4. The molecule has 3 aromatic rings. The number of carbonyl (C=O) groups is 1. The molecule has 2 heterocycles. The third kappa shape index (κ3) is 9.17. The van der Waals surface area contributed by atoms with Crippen molar-refractivity contribution in [3.63, 3.8) is 0 Å². The van der Waals surface area contributed by atoms with Crippen LogP contribution in [0.3, 0.4) is 0 Å². The minimum atomic E-state index is -4.06. The lowest BCUT2D eigenvalue weighted by Crippen LogP contribution is -2.43. The predicted molar refractivity (Wildman–Crippen MR) is 156 cm³/mol. The van der Waals surface area contributed by atoms with Gasteiger partial charge in [-0.2, -0.15) is 4.98 Å². The van der Waals surface area contributed by atoms with E-state index in [1.165, 1.54) is 13.8 Å². The van der Waals surface area contributed by atoms with Crippen LogP contribution in [0.4, 0.5) is 5.95 Å². The molecule has 0 amide bonds. The van der Waals surface area contributed by atoms with Crippen LogP contribution in [0.5, 0.6) is 0 Å². The van der Waals surface area contributed by atoms with Gasteiger partial charge < -0.3 is 25.8 Å². The van der Waals surface area contributed by atoms with Gasteiger partial charge in [-0.1, -0.05) is 42.1 Å². The Bertz CT molecular complexity index is 1440. The molecule has 1 aromatic carbocycles. The van der Waals surface area contributed by atoms with Crippen LogP contribution in [0.1, 0.15) is 39.7 Å². The molecule has 0 radical (unpaired) electrons. The van der Waals surface area contributed by atoms with Gasteiger partial charge in [0, 0.05) is 12.3 Å². The van der Waals surface area contributed by atoms with Crippen molar-refractivity contribution in [2.45, 2.75) is 52.4 Å². The number of hydrogen-bond acceptors (Lipinski definition) is 13. The van der Waals surface area contributed by atoms with Gasteiger partial charge in [-0.05, 0) is 33.3 Å². The monoisotopic (exact) mass is 628 g/mol. The van der Waals surface area contributed by atoms with Crippen molar-refractivity contribution in [2.24, 2.45) is 5.41 Å². The summed E-state index contributed by atoms with van der Waals surface area (Å²) in [7, 11) is -4.06. The van der Waals surface area contributed by atoms with Gasteiger partial charge in [0.2, 0.25) is 12.4 Å². The lowest BCUT2D eigenvalue weighted by atomic mass is 9.97. The number of thioether (sulfide) groups is 1. The Morgan fingerprint density at radius 2 is 1.93 bits per heavy atom. The Hall–Kier alpha value is -2.66. The van der Waals surface area contributed by atoms with Crippen molar-refractivity contribution in [1.82, 2.24) is 24.6 Å². The largest absolute Gasteiger partial charge is 0.405 e. The summed E-state index contributed by atoms with van der Waals surface area (Å²) >= 11 is 0.927. The van der Waals surface area contributed by atoms with Crippen molar-refractivity contribution >= 4 is 41.7 Å². The third-order valence-electron chi connectivity index (χ3n) is 6.00. The first kappa shape index (κ1) is 33.8. The van der Waals surface area contributed by atoms with Gasteiger partial charge >= 0.3 is 7.75 Å². The normalized spacial score (nSPS) is 15.4. The molecule has 15 nitrogen and oxygen atoms in total. The van der Waals surface area contributed by atoms with Crippen molar-refractivity contribution in [3.8, 4) is 0 Å². The van der Waals surface area contributed by atoms with E-state index >= 15 is 0 Å². The number of hydrogen-bond donors (Lipinski definition) is 6. The van der Waals surface area contributed by atoms with Crippen LogP contribution in [0.25, 0.3) is 11.2 Å². The predicted octanol–water partition coefficient (Wildman–Crippen LogP) is 1.52. The number of H-pyrrole nitrogens is 1. The number of aromatic amines is 1. The Kier molecular flexibility index (Phi) is 11.4. The van der Waals surface area contributed by atoms with E-state index in [4.69, 9.17) is 19.5 Å². The number of benzene rings is 1. The summed E-state index contributed by atoms with van der Waals surface area (Å²) < 4.78 is 31.6. The summed E-state index contributed by atoms with van der Waals surface area (Å²) in [5.74, 6) is -0.0680. The van der Waals surface area contributed by atoms with E-state index in [9.17, 15) is 29.5 Å².